The van der Waals surface area contributed by atoms with Crippen LogP contribution in [0, 0.1) is 5.82 Å². The number of Topliss-reactive ketones (excluding diaryl/α,β-unsaturated/α-hetero) is 1. The molecule has 2 aromatic rings. The minimum Gasteiger partial charge on any atom is -0.490 e. The van der Waals surface area contributed by atoms with Gasteiger partial charge in [0.25, 0.3) is 5.91 Å². The lowest BCUT2D eigenvalue weighted by atomic mass is 10.1. The number of amides is 1. The summed E-state index contributed by atoms with van der Waals surface area (Å²) in [7, 11) is 0. The van der Waals surface area contributed by atoms with Crippen LogP contribution in [-0.2, 0) is 23.9 Å². The fourth-order valence-electron chi connectivity index (χ4n) is 3.18. The first-order valence-corrected chi connectivity index (χ1v) is 10.6. The number of ketones is 1. The van der Waals surface area contributed by atoms with E-state index in [4.69, 9.17) is 19.0 Å². The Labute approximate surface area is 194 Å². The Balaban J connectivity index is 1.66. The number of hydrogen-bond acceptors (Lipinski definition) is 9. The number of carbonyl (C=O) groups is 3. The van der Waals surface area contributed by atoms with Crippen molar-refractivity contribution in [2.24, 2.45) is 5.16 Å². The van der Waals surface area contributed by atoms with Gasteiger partial charge < -0.3 is 23.9 Å². The van der Waals surface area contributed by atoms with E-state index >= 15 is 0 Å². The molecule has 1 atom stereocenters. The lowest BCUT2D eigenvalue weighted by Crippen LogP contribution is -2.50. The highest BCUT2D eigenvalue weighted by atomic mass is 19.1. The molecule has 0 bridgehead atoms. The molecule has 1 fully saturated rings. The lowest BCUT2D eigenvalue weighted by Gasteiger charge is -2.32. The van der Waals surface area contributed by atoms with E-state index in [1.54, 1.807) is 13.0 Å². The quantitative estimate of drug-likeness (QED) is 0.235. The maximum atomic E-state index is 13.5. The van der Waals surface area contributed by atoms with Gasteiger partial charge in [0.2, 0.25) is 6.61 Å². The fraction of sp³-hybridized carbons (Fsp3) is 0.409. The molecule has 1 aromatic carbocycles. The number of nitrogens with one attached hydrogen (secondary N) is 1. The molecule has 0 saturated carbocycles. The number of halogens is 1. The van der Waals surface area contributed by atoms with Gasteiger partial charge in [0.05, 0.1) is 31.0 Å². The molecule has 1 aliphatic rings. The smallest absolute Gasteiger partial charge is 0.347 e. The van der Waals surface area contributed by atoms with Gasteiger partial charge in [0, 0.05) is 12.7 Å². The lowest BCUT2D eigenvalue weighted by molar-refractivity contribution is -0.148. The summed E-state index contributed by atoms with van der Waals surface area (Å²) in [5.41, 5.74) is 0.363. The Morgan fingerprint density at radius 1 is 1.32 bits per heavy atom. The number of aromatic nitrogens is 2. The molecule has 1 amide bonds. The molecule has 1 saturated heterocycles. The highest BCUT2D eigenvalue weighted by Gasteiger charge is 2.30. The van der Waals surface area contributed by atoms with Gasteiger partial charge in [0.1, 0.15) is 24.3 Å². The van der Waals surface area contributed by atoms with Gasteiger partial charge in [-0.25, -0.2) is 9.18 Å². The van der Waals surface area contributed by atoms with Gasteiger partial charge >= 0.3 is 5.97 Å². The highest BCUT2D eigenvalue weighted by Crippen LogP contribution is 2.21. The molecular formula is C22H25FN4O7. The van der Waals surface area contributed by atoms with Crippen LogP contribution in [0.2, 0.25) is 0 Å². The van der Waals surface area contributed by atoms with E-state index in [0.29, 0.717) is 5.69 Å². The standard InChI is InChI=1S/C22H25FN4O7/c1-3-31-20(29)13-34-26-21(18-6-7-24-25-18)22(30)27-8-9-32-16(11-27)12-33-19-5-4-15(23)10-17(19)14(2)28/h4-7,10,16H,3,8-9,11-13H2,1-2H3,(H,24,25). The summed E-state index contributed by atoms with van der Waals surface area (Å²) >= 11 is 0. The van der Waals surface area contributed by atoms with Crippen molar-refractivity contribution in [3.63, 3.8) is 0 Å². The van der Waals surface area contributed by atoms with Crippen LogP contribution in [0.5, 0.6) is 5.75 Å². The van der Waals surface area contributed by atoms with E-state index in [9.17, 15) is 18.8 Å². The predicted octanol–water partition coefficient (Wildman–Crippen LogP) is 1.34. The molecule has 182 valence electrons. The van der Waals surface area contributed by atoms with Crippen LogP contribution >= 0.6 is 0 Å². The number of hydrogen-bond donors (Lipinski definition) is 1. The molecule has 12 heteroatoms. The minimum atomic E-state index is -0.614. The summed E-state index contributed by atoms with van der Waals surface area (Å²) in [4.78, 5) is 43.0. The molecule has 0 radical (unpaired) electrons. The zero-order chi connectivity index (χ0) is 24.5. The van der Waals surface area contributed by atoms with E-state index in [2.05, 4.69) is 15.4 Å². The van der Waals surface area contributed by atoms with Crippen LogP contribution in [0.25, 0.3) is 0 Å². The van der Waals surface area contributed by atoms with Crippen molar-refractivity contribution in [3.8, 4) is 5.75 Å². The molecule has 1 N–H and O–H groups in total. The number of rotatable bonds is 10. The third-order valence-corrected chi connectivity index (χ3v) is 4.77. The van der Waals surface area contributed by atoms with Gasteiger partial charge in [-0.05, 0) is 38.1 Å². The normalized spacial score (nSPS) is 16.1. The summed E-state index contributed by atoms with van der Waals surface area (Å²) in [5.74, 6) is -1.73. The van der Waals surface area contributed by atoms with Crippen molar-refractivity contribution in [1.29, 1.82) is 0 Å². The molecule has 34 heavy (non-hydrogen) atoms. The number of H-pyrrole nitrogens is 1. The van der Waals surface area contributed by atoms with Crippen molar-refractivity contribution < 1.29 is 37.8 Å². The third-order valence-electron chi connectivity index (χ3n) is 4.77. The maximum absolute atomic E-state index is 13.5. The maximum Gasteiger partial charge on any atom is 0.347 e. The minimum absolute atomic E-state index is 0.0333. The summed E-state index contributed by atoms with van der Waals surface area (Å²) < 4.78 is 29.6. The second kappa shape index (κ2) is 11.9. The monoisotopic (exact) mass is 476 g/mol. The summed E-state index contributed by atoms with van der Waals surface area (Å²) in [6, 6.07) is 5.23. The summed E-state index contributed by atoms with van der Waals surface area (Å²) in [5, 5.41) is 10.3. The Morgan fingerprint density at radius 2 is 2.15 bits per heavy atom. The summed E-state index contributed by atoms with van der Waals surface area (Å²) in [6.07, 6.45) is 0.945. The molecule has 2 heterocycles. The number of esters is 1. The first-order chi connectivity index (χ1) is 16.4. The summed E-state index contributed by atoms with van der Waals surface area (Å²) in [6.45, 7) is 3.45. The largest absolute Gasteiger partial charge is 0.490 e. The average Bonchev–Trinajstić information content (AvgIpc) is 3.35. The van der Waals surface area contributed by atoms with Crippen LogP contribution < -0.4 is 4.74 Å². The van der Waals surface area contributed by atoms with E-state index in [1.165, 1.54) is 30.2 Å². The zero-order valence-electron chi connectivity index (χ0n) is 18.8. The van der Waals surface area contributed by atoms with E-state index in [0.717, 1.165) is 6.07 Å². The predicted molar refractivity (Wildman–Crippen MR) is 116 cm³/mol. The number of aromatic amines is 1. The van der Waals surface area contributed by atoms with Gasteiger partial charge in [-0.15, -0.1) is 0 Å². The molecule has 11 nitrogen and oxygen atoms in total. The second-order valence-electron chi connectivity index (χ2n) is 7.24. The molecule has 1 unspecified atom stereocenters. The molecule has 0 aliphatic carbocycles. The topological polar surface area (TPSA) is 132 Å². The van der Waals surface area contributed by atoms with Crippen molar-refractivity contribution in [3.05, 3.63) is 47.5 Å². The molecule has 3 rings (SSSR count). The van der Waals surface area contributed by atoms with E-state index in [1.807, 2.05) is 0 Å². The molecular weight excluding hydrogens is 451 g/mol. The average molecular weight is 476 g/mol. The Morgan fingerprint density at radius 3 is 2.85 bits per heavy atom. The van der Waals surface area contributed by atoms with E-state index < -0.39 is 30.4 Å². The zero-order valence-corrected chi connectivity index (χ0v) is 18.8. The van der Waals surface area contributed by atoms with Crippen molar-refractivity contribution in [2.45, 2.75) is 20.0 Å². The van der Waals surface area contributed by atoms with Crippen LogP contribution in [-0.4, -0.2) is 84.1 Å². The first kappa shape index (κ1) is 24.8. The number of oxime groups is 1. The first-order valence-electron chi connectivity index (χ1n) is 10.6. The van der Waals surface area contributed by atoms with Crippen LogP contribution in [0.3, 0.4) is 0 Å². The molecule has 1 aromatic heterocycles. The van der Waals surface area contributed by atoms with Crippen LogP contribution in [0.4, 0.5) is 4.39 Å². The SMILES string of the molecule is CCOC(=O)CON=C(C(=O)N1CCOC(COc2ccc(F)cc2C(C)=O)C1)c1ccn[nH]1. The van der Waals surface area contributed by atoms with E-state index in [-0.39, 0.29) is 55.7 Å². The number of ether oxygens (including phenoxy) is 3. The Kier molecular flexibility index (Phi) is 8.68. The molecule has 0 spiro atoms. The highest BCUT2D eigenvalue weighted by molar-refractivity contribution is 6.44. The van der Waals surface area contributed by atoms with Gasteiger partial charge in [-0.1, -0.05) is 5.16 Å². The fourth-order valence-corrected chi connectivity index (χ4v) is 3.18. The van der Waals surface area contributed by atoms with Gasteiger partial charge in [-0.2, -0.15) is 5.10 Å². The third kappa shape index (κ3) is 6.61. The number of morpholine rings is 1. The second-order valence-corrected chi connectivity index (χ2v) is 7.24. The number of carbonyl (C=O) groups excluding carboxylic acids is 3. The van der Waals surface area contributed by atoms with Crippen molar-refractivity contribution >= 4 is 23.4 Å². The van der Waals surface area contributed by atoms with Crippen LogP contribution in [0.1, 0.15) is 29.9 Å². The number of benzene rings is 1. The van der Waals surface area contributed by atoms with Crippen molar-refractivity contribution in [2.75, 3.05) is 39.5 Å². The Hall–Kier alpha value is -3.80. The van der Waals surface area contributed by atoms with Crippen molar-refractivity contribution in [1.82, 2.24) is 15.1 Å². The Bertz CT molecular complexity index is 1040. The van der Waals surface area contributed by atoms with Gasteiger partial charge in [-0.3, -0.25) is 14.7 Å². The molecule has 1 aliphatic heterocycles. The number of nitrogens with zero attached hydrogens (tertiary/aromatic N) is 3. The van der Waals surface area contributed by atoms with Gasteiger partial charge in [0.15, 0.2) is 11.5 Å². The van der Waals surface area contributed by atoms with Crippen LogP contribution in [0.15, 0.2) is 35.6 Å².